The van der Waals surface area contributed by atoms with Crippen molar-refractivity contribution in [3.63, 3.8) is 0 Å². The summed E-state index contributed by atoms with van der Waals surface area (Å²) in [5, 5.41) is 0. The number of hydrogen-bond acceptors (Lipinski definition) is 8. The third kappa shape index (κ3) is 64.5. The van der Waals surface area contributed by atoms with Crippen molar-refractivity contribution < 1.29 is 42.1 Å². The molecule has 462 valence electrons. The van der Waals surface area contributed by atoms with Crippen molar-refractivity contribution >= 4 is 19.8 Å². The molecule has 0 aromatic rings. The molecule has 2 unspecified atom stereocenters. The Bertz CT molecular complexity index is 1990. The van der Waals surface area contributed by atoms with Crippen LogP contribution in [-0.2, 0) is 32.7 Å². The standard InChI is InChI=1S/C72H116NO8P/c1-6-8-10-12-14-16-18-20-22-24-26-28-30-32-33-34-35-36-37-38-39-41-43-45-47-49-51-53-55-57-59-61-63-65-72(75)81-70(69-80-82(76,77)79-67-66-73(3,4)5)68-78-71(74)64-62-60-58-56-54-52-50-48-46-44-42-40-31-29-27-25-23-21-19-17-15-13-11-9-7-2/h8-11,14-17,20-23,26-29,32-33,35-36,38-40,42-43,45-46,48,70H,6-7,12-13,18-19,24-25,30-31,34,37,41,44,47,49-69H2,1-5H3/b10-8-,11-9-,16-14-,17-15-,22-20-,23-21-,28-26-,29-27-,33-32-,36-35-,39-38-,42-40-,45-43-,48-46-. The van der Waals surface area contributed by atoms with Gasteiger partial charge in [-0.1, -0.05) is 248 Å². The van der Waals surface area contributed by atoms with Crippen LogP contribution in [0.15, 0.2) is 170 Å². The Balaban J connectivity index is 4.23. The number of ether oxygens (including phenoxy) is 2. The first-order chi connectivity index (χ1) is 40.0. The second kappa shape index (κ2) is 60.9. The number of esters is 2. The Labute approximate surface area is 502 Å². The lowest BCUT2D eigenvalue weighted by molar-refractivity contribution is -0.870. The molecule has 82 heavy (non-hydrogen) atoms. The summed E-state index contributed by atoms with van der Waals surface area (Å²) < 4.78 is 34.2. The molecular formula is C72H116NO8P. The van der Waals surface area contributed by atoms with E-state index in [1.54, 1.807) is 0 Å². The molecule has 2 atom stereocenters. The van der Waals surface area contributed by atoms with E-state index in [1.807, 2.05) is 21.1 Å². The van der Waals surface area contributed by atoms with E-state index < -0.39 is 32.5 Å². The minimum absolute atomic E-state index is 0.0454. The molecule has 0 aromatic carbocycles. The highest BCUT2D eigenvalue weighted by molar-refractivity contribution is 7.45. The second-order valence-corrected chi connectivity index (χ2v) is 23.1. The van der Waals surface area contributed by atoms with Crippen LogP contribution in [-0.4, -0.2) is 70.0 Å². The average Bonchev–Trinajstić information content (AvgIpc) is 3.46. The molecule has 0 N–H and O–H groups in total. The van der Waals surface area contributed by atoms with Crippen LogP contribution in [0.1, 0.15) is 219 Å². The Morgan fingerprint density at radius 1 is 0.378 bits per heavy atom. The van der Waals surface area contributed by atoms with Crippen molar-refractivity contribution in [1.82, 2.24) is 0 Å². The largest absolute Gasteiger partial charge is 0.756 e. The Morgan fingerprint density at radius 3 is 0.976 bits per heavy atom. The van der Waals surface area contributed by atoms with Gasteiger partial charge in [0.1, 0.15) is 19.8 Å². The van der Waals surface area contributed by atoms with Crippen LogP contribution in [0.25, 0.3) is 0 Å². The second-order valence-electron chi connectivity index (χ2n) is 21.7. The van der Waals surface area contributed by atoms with E-state index in [1.165, 1.54) is 25.7 Å². The number of nitrogens with zero attached hydrogens (tertiary/aromatic N) is 1. The maximum atomic E-state index is 12.8. The molecule has 0 spiro atoms. The van der Waals surface area contributed by atoms with E-state index in [-0.39, 0.29) is 26.1 Å². The van der Waals surface area contributed by atoms with Crippen LogP contribution in [0, 0.1) is 0 Å². The molecule has 0 radical (unpaired) electrons. The number of carbonyl (C=O) groups excluding carboxylic acids is 2. The molecule has 9 nitrogen and oxygen atoms in total. The average molecular weight is 1150 g/mol. The molecule has 10 heteroatoms. The highest BCUT2D eigenvalue weighted by Gasteiger charge is 2.22. The lowest BCUT2D eigenvalue weighted by atomic mass is 10.1. The highest BCUT2D eigenvalue weighted by atomic mass is 31.2. The van der Waals surface area contributed by atoms with Gasteiger partial charge in [0.2, 0.25) is 0 Å². The molecular weight excluding hydrogens is 1040 g/mol. The van der Waals surface area contributed by atoms with Gasteiger partial charge in [0.25, 0.3) is 7.82 Å². The quantitative estimate of drug-likeness (QED) is 0.0195. The predicted molar refractivity (Wildman–Crippen MR) is 350 cm³/mol. The zero-order valence-corrected chi connectivity index (χ0v) is 53.3. The number of phosphoric acid groups is 1. The summed E-state index contributed by atoms with van der Waals surface area (Å²) in [6, 6.07) is 0. The number of allylic oxidation sites excluding steroid dienone is 28. The van der Waals surface area contributed by atoms with E-state index in [2.05, 4.69) is 184 Å². The molecule has 0 aliphatic carbocycles. The molecule has 0 heterocycles. The first-order valence-corrected chi connectivity index (χ1v) is 33.3. The van der Waals surface area contributed by atoms with E-state index in [4.69, 9.17) is 18.5 Å². The maximum absolute atomic E-state index is 12.8. The zero-order valence-electron chi connectivity index (χ0n) is 52.4. The molecule has 0 fully saturated rings. The summed E-state index contributed by atoms with van der Waals surface area (Å²) in [6.45, 7) is 3.96. The number of phosphoric ester groups is 1. The summed E-state index contributed by atoms with van der Waals surface area (Å²) in [4.78, 5) is 38.0. The van der Waals surface area contributed by atoms with Crippen LogP contribution >= 0.6 is 7.82 Å². The van der Waals surface area contributed by atoms with Crippen LogP contribution in [0.2, 0.25) is 0 Å². The van der Waals surface area contributed by atoms with Gasteiger partial charge in [-0.15, -0.1) is 0 Å². The maximum Gasteiger partial charge on any atom is 0.306 e. The summed E-state index contributed by atoms with van der Waals surface area (Å²) >= 11 is 0. The zero-order chi connectivity index (χ0) is 59.8. The van der Waals surface area contributed by atoms with E-state index in [0.29, 0.717) is 23.9 Å². The fourth-order valence-electron chi connectivity index (χ4n) is 7.91. The molecule has 0 bridgehead atoms. The smallest absolute Gasteiger partial charge is 0.306 e. The minimum Gasteiger partial charge on any atom is -0.756 e. The van der Waals surface area contributed by atoms with Gasteiger partial charge in [0.05, 0.1) is 27.7 Å². The third-order valence-corrected chi connectivity index (χ3v) is 13.7. The normalized spacial score (nSPS) is 14.4. The highest BCUT2D eigenvalue weighted by Crippen LogP contribution is 2.38. The van der Waals surface area contributed by atoms with Gasteiger partial charge in [-0.3, -0.25) is 14.2 Å². The Hall–Kier alpha value is -4.63. The first-order valence-electron chi connectivity index (χ1n) is 31.8. The fourth-order valence-corrected chi connectivity index (χ4v) is 8.64. The van der Waals surface area contributed by atoms with Gasteiger partial charge in [0, 0.05) is 12.8 Å². The molecule has 0 saturated carbocycles. The van der Waals surface area contributed by atoms with Crippen LogP contribution in [0.4, 0.5) is 0 Å². The van der Waals surface area contributed by atoms with Crippen molar-refractivity contribution in [2.24, 2.45) is 0 Å². The number of quaternary nitrogens is 1. The molecule has 0 aliphatic heterocycles. The van der Waals surface area contributed by atoms with Gasteiger partial charge in [-0.25, -0.2) is 0 Å². The number of unbranched alkanes of at least 4 members (excludes halogenated alkanes) is 14. The van der Waals surface area contributed by atoms with Crippen molar-refractivity contribution in [3.05, 3.63) is 170 Å². The van der Waals surface area contributed by atoms with Gasteiger partial charge in [0.15, 0.2) is 6.10 Å². The number of hydrogen-bond donors (Lipinski definition) is 0. The van der Waals surface area contributed by atoms with Crippen molar-refractivity contribution in [2.75, 3.05) is 47.5 Å². The first kappa shape index (κ1) is 77.4. The van der Waals surface area contributed by atoms with E-state index in [0.717, 1.165) is 154 Å². The lowest BCUT2D eigenvalue weighted by Gasteiger charge is -2.28. The minimum atomic E-state index is -4.66. The van der Waals surface area contributed by atoms with Crippen molar-refractivity contribution in [2.45, 2.75) is 225 Å². The SMILES string of the molecule is CC/C=C\C/C=C\C/C=C\C/C=C\C/C=C\C/C=C\C/C=C\C/C=C\CCCCCCCCCCC(=O)OC(COC(=O)CCCCCCCC/C=C\C/C=C\C/C=C\C/C=C\C/C=C\C/C=C\CC)COP(=O)([O-])OCC[N+](C)(C)C. The van der Waals surface area contributed by atoms with Crippen molar-refractivity contribution in [1.29, 1.82) is 0 Å². The van der Waals surface area contributed by atoms with Crippen LogP contribution in [0.3, 0.4) is 0 Å². The van der Waals surface area contributed by atoms with Crippen LogP contribution in [0.5, 0.6) is 0 Å². The number of carbonyl (C=O) groups is 2. The van der Waals surface area contributed by atoms with Crippen LogP contribution < -0.4 is 4.89 Å². The summed E-state index contributed by atoms with van der Waals surface area (Å²) in [5.74, 6) is -0.873. The van der Waals surface area contributed by atoms with E-state index >= 15 is 0 Å². The van der Waals surface area contributed by atoms with Gasteiger partial charge in [-0.2, -0.15) is 0 Å². The molecule has 0 saturated heterocycles. The monoisotopic (exact) mass is 1150 g/mol. The molecule has 0 amide bonds. The topological polar surface area (TPSA) is 111 Å². The lowest BCUT2D eigenvalue weighted by Crippen LogP contribution is -2.37. The predicted octanol–water partition coefficient (Wildman–Crippen LogP) is 20.0. The Kier molecular flexibility index (Phi) is 57.5. The summed E-state index contributed by atoms with van der Waals surface area (Å²) in [5.41, 5.74) is 0. The van der Waals surface area contributed by atoms with Gasteiger partial charge in [-0.05, 0) is 128 Å². The Morgan fingerprint density at radius 2 is 0.659 bits per heavy atom. The summed E-state index contributed by atoms with van der Waals surface area (Å²) in [6.07, 6.45) is 92.6. The summed E-state index contributed by atoms with van der Waals surface area (Å²) in [7, 11) is 1.12. The van der Waals surface area contributed by atoms with Gasteiger partial charge >= 0.3 is 11.9 Å². The molecule has 0 aromatic heterocycles. The van der Waals surface area contributed by atoms with Crippen molar-refractivity contribution in [3.8, 4) is 0 Å². The van der Waals surface area contributed by atoms with Gasteiger partial charge < -0.3 is 27.9 Å². The van der Waals surface area contributed by atoms with E-state index in [9.17, 15) is 19.0 Å². The molecule has 0 rings (SSSR count). The number of likely N-dealkylation sites (N-methyl/N-ethyl adjacent to an activating group) is 1. The third-order valence-electron chi connectivity index (χ3n) is 12.7. The molecule has 0 aliphatic rings. The fraction of sp³-hybridized carbons (Fsp3) is 0.583. The number of rotatable bonds is 56.